The first-order valence-electron chi connectivity index (χ1n) is 6.49. The molecule has 0 aliphatic carbocycles. The van der Waals surface area contributed by atoms with Gasteiger partial charge in [0.15, 0.2) is 0 Å². The van der Waals surface area contributed by atoms with E-state index in [9.17, 15) is 0 Å². The zero-order valence-corrected chi connectivity index (χ0v) is 12.7. The van der Waals surface area contributed by atoms with E-state index < -0.39 is 0 Å². The van der Waals surface area contributed by atoms with Gasteiger partial charge in [0.05, 0.1) is 0 Å². The number of hydrogen-bond acceptors (Lipinski definition) is 5. The summed E-state index contributed by atoms with van der Waals surface area (Å²) in [6.07, 6.45) is 4.84. The maximum atomic E-state index is 5.92. The summed E-state index contributed by atoms with van der Waals surface area (Å²) >= 11 is 3.37. The second-order valence-corrected chi connectivity index (χ2v) is 5.52. The number of pyridine rings is 1. The van der Waals surface area contributed by atoms with E-state index in [1.54, 1.807) is 12.4 Å². The highest BCUT2D eigenvalue weighted by Crippen LogP contribution is 2.20. The summed E-state index contributed by atoms with van der Waals surface area (Å²) in [5.74, 6) is 1.13. The average molecular weight is 345 g/mol. The number of anilines is 1. The first-order chi connectivity index (χ1) is 10.2. The minimum absolute atomic E-state index is 0.542. The zero-order chi connectivity index (χ0) is 14.7. The number of aryl methyl sites for hydroxylation is 2. The van der Waals surface area contributed by atoms with Crippen molar-refractivity contribution in [3.8, 4) is 11.4 Å². The lowest BCUT2D eigenvalue weighted by atomic mass is 10.1. The number of nitrogens with two attached hydrogens (primary N) is 1. The molecule has 1 aromatic carbocycles. The largest absolute Gasteiger partial charge is 0.399 e. The van der Waals surface area contributed by atoms with Gasteiger partial charge in [0.2, 0.25) is 11.7 Å². The van der Waals surface area contributed by atoms with Gasteiger partial charge in [-0.2, -0.15) is 4.98 Å². The molecule has 0 atom stereocenters. The summed E-state index contributed by atoms with van der Waals surface area (Å²) in [6.45, 7) is 0. The summed E-state index contributed by atoms with van der Waals surface area (Å²) in [7, 11) is 0. The molecule has 2 heterocycles. The number of nitrogen functional groups attached to an aromatic ring is 1. The maximum Gasteiger partial charge on any atom is 0.227 e. The summed E-state index contributed by atoms with van der Waals surface area (Å²) in [5, 5.41) is 3.98. The first-order valence-corrected chi connectivity index (χ1v) is 7.28. The van der Waals surface area contributed by atoms with Gasteiger partial charge < -0.3 is 10.3 Å². The minimum Gasteiger partial charge on any atom is -0.399 e. The normalized spacial score (nSPS) is 10.7. The Hall–Kier alpha value is -2.21. The topological polar surface area (TPSA) is 77.8 Å². The van der Waals surface area contributed by atoms with Crippen LogP contribution in [0.4, 0.5) is 5.69 Å². The number of benzene rings is 1. The molecule has 106 valence electrons. The van der Waals surface area contributed by atoms with Gasteiger partial charge in [-0.05, 0) is 40.0 Å². The fourth-order valence-corrected chi connectivity index (χ4v) is 2.38. The fraction of sp³-hybridized carbons (Fsp3) is 0.133. The molecule has 0 unspecified atom stereocenters. The van der Waals surface area contributed by atoms with E-state index in [0.29, 0.717) is 18.1 Å². The lowest BCUT2D eigenvalue weighted by Crippen LogP contribution is -1.97. The van der Waals surface area contributed by atoms with Crippen LogP contribution in [0.25, 0.3) is 11.4 Å². The van der Waals surface area contributed by atoms with Crippen LogP contribution in [0.3, 0.4) is 0 Å². The minimum atomic E-state index is 0.542. The van der Waals surface area contributed by atoms with Crippen LogP contribution in [0, 0.1) is 0 Å². The number of hydrogen-bond donors (Lipinski definition) is 1. The van der Waals surface area contributed by atoms with Crippen molar-refractivity contribution in [2.45, 2.75) is 12.8 Å². The fourth-order valence-electron chi connectivity index (χ4n) is 2.01. The van der Waals surface area contributed by atoms with Crippen LogP contribution in [0.15, 0.2) is 51.7 Å². The van der Waals surface area contributed by atoms with Gasteiger partial charge in [0.25, 0.3) is 0 Å². The van der Waals surface area contributed by atoms with E-state index in [1.165, 1.54) is 0 Å². The van der Waals surface area contributed by atoms with Gasteiger partial charge in [0, 0.05) is 34.5 Å². The first kappa shape index (κ1) is 13.8. The molecule has 2 aromatic heterocycles. The Balaban J connectivity index is 1.72. The summed E-state index contributed by atoms with van der Waals surface area (Å²) in [6, 6.07) is 9.69. The van der Waals surface area contributed by atoms with Gasteiger partial charge in [-0.25, -0.2) is 0 Å². The molecule has 0 saturated heterocycles. The molecule has 0 aliphatic rings. The SMILES string of the molecule is Nc1ccccc1CCc1nc(-c2cncc(Br)c2)no1. The zero-order valence-electron chi connectivity index (χ0n) is 11.2. The van der Waals surface area contributed by atoms with Gasteiger partial charge in [-0.15, -0.1) is 0 Å². The maximum absolute atomic E-state index is 5.92. The van der Waals surface area contributed by atoms with E-state index >= 15 is 0 Å². The molecule has 2 N–H and O–H groups in total. The van der Waals surface area contributed by atoms with Crippen molar-refractivity contribution in [2.75, 3.05) is 5.73 Å². The molecule has 3 rings (SSSR count). The summed E-state index contributed by atoms with van der Waals surface area (Å²) in [4.78, 5) is 8.48. The number of halogens is 1. The molecular formula is C15H13BrN4O. The standard InChI is InChI=1S/C15H13BrN4O/c16-12-7-11(8-18-9-12)15-19-14(21-20-15)6-5-10-3-1-2-4-13(10)17/h1-4,7-9H,5-6,17H2. The molecule has 3 aromatic rings. The van der Waals surface area contributed by atoms with Crippen molar-refractivity contribution in [1.82, 2.24) is 15.1 Å². The van der Waals surface area contributed by atoms with E-state index in [-0.39, 0.29) is 0 Å². The van der Waals surface area contributed by atoms with E-state index in [0.717, 1.165) is 27.7 Å². The van der Waals surface area contributed by atoms with Crippen LogP contribution in [0.1, 0.15) is 11.5 Å². The molecule has 0 aliphatic heterocycles. The van der Waals surface area contributed by atoms with Crippen molar-refractivity contribution in [3.63, 3.8) is 0 Å². The Kier molecular flexibility index (Phi) is 3.96. The number of para-hydroxylation sites is 1. The quantitative estimate of drug-likeness (QED) is 0.735. The lowest BCUT2D eigenvalue weighted by Gasteiger charge is -2.02. The Morgan fingerprint density at radius 1 is 1.14 bits per heavy atom. The monoisotopic (exact) mass is 344 g/mol. The van der Waals surface area contributed by atoms with E-state index in [1.807, 2.05) is 30.3 Å². The Morgan fingerprint density at radius 3 is 2.81 bits per heavy atom. The van der Waals surface area contributed by atoms with Crippen LogP contribution in [-0.2, 0) is 12.8 Å². The Bertz CT molecular complexity index is 757. The van der Waals surface area contributed by atoms with E-state index in [4.69, 9.17) is 10.3 Å². The third kappa shape index (κ3) is 3.28. The highest BCUT2D eigenvalue weighted by molar-refractivity contribution is 9.10. The highest BCUT2D eigenvalue weighted by Gasteiger charge is 2.10. The van der Waals surface area contributed by atoms with Gasteiger partial charge in [-0.3, -0.25) is 4.98 Å². The van der Waals surface area contributed by atoms with Crippen LogP contribution in [0.5, 0.6) is 0 Å². The molecule has 5 nitrogen and oxygen atoms in total. The Labute approximate surface area is 130 Å². The van der Waals surface area contributed by atoms with Crippen LogP contribution < -0.4 is 5.73 Å². The second-order valence-electron chi connectivity index (χ2n) is 4.60. The van der Waals surface area contributed by atoms with Gasteiger partial charge in [0.1, 0.15) is 0 Å². The van der Waals surface area contributed by atoms with Gasteiger partial charge >= 0.3 is 0 Å². The third-order valence-electron chi connectivity index (χ3n) is 3.09. The predicted octanol–water partition coefficient (Wildman–Crippen LogP) is 3.26. The number of rotatable bonds is 4. The molecule has 0 radical (unpaired) electrons. The number of aromatic nitrogens is 3. The van der Waals surface area contributed by atoms with Crippen molar-refractivity contribution in [2.24, 2.45) is 0 Å². The second kappa shape index (κ2) is 6.05. The molecule has 0 spiro atoms. The lowest BCUT2D eigenvalue weighted by molar-refractivity contribution is 0.379. The molecule has 0 amide bonds. The van der Waals surface area contributed by atoms with Crippen molar-refractivity contribution in [3.05, 3.63) is 58.7 Å². The summed E-state index contributed by atoms with van der Waals surface area (Å²) in [5.41, 5.74) is 8.61. The van der Waals surface area contributed by atoms with Crippen LogP contribution in [0.2, 0.25) is 0 Å². The number of nitrogens with zero attached hydrogens (tertiary/aromatic N) is 3. The molecule has 0 bridgehead atoms. The third-order valence-corrected chi connectivity index (χ3v) is 3.53. The average Bonchev–Trinajstić information content (AvgIpc) is 2.95. The Morgan fingerprint density at radius 2 is 2.00 bits per heavy atom. The molecule has 21 heavy (non-hydrogen) atoms. The molecule has 0 saturated carbocycles. The predicted molar refractivity (Wildman–Crippen MR) is 83.5 cm³/mol. The van der Waals surface area contributed by atoms with Gasteiger partial charge in [-0.1, -0.05) is 23.4 Å². The molecule has 6 heteroatoms. The van der Waals surface area contributed by atoms with Crippen LogP contribution in [-0.4, -0.2) is 15.1 Å². The smallest absolute Gasteiger partial charge is 0.227 e. The molecule has 0 fully saturated rings. The van der Waals surface area contributed by atoms with Crippen molar-refractivity contribution < 1.29 is 4.52 Å². The van der Waals surface area contributed by atoms with Crippen molar-refractivity contribution >= 4 is 21.6 Å². The highest BCUT2D eigenvalue weighted by atomic mass is 79.9. The van der Waals surface area contributed by atoms with Crippen molar-refractivity contribution in [1.29, 1.82) is 0 Å². The van der Waals surface area contributed by atoms with E-state index in [2.05, 4.69) is 31.1 Å². The summed E-state index contributed by atoms with van der Waals surface area (Å²) < 4.78 is 6.15. The van der Waals surface area contributed by atoms with Crippen LogP contribution >= 0.6 is 15.9 Å². The molecular weight excluding hydrogens is 332 g/mol.